The number of benzene rings is 2. The van der Waals surface area contributed by atoms with Gasteiger partial charge in [-0.2, -0.15) is 5.10 Å². The van der Waals surface area contributed by atoms with E-state index >= 15 is 0 Å². The van der Waals surface area contributed by atoms with Crippen LogP contribution in [0.3, 0.4) is 0 Å². The highest BCUT2D eigenvalue weighted by atomic mass is 127. The first kappa shape index (κ1) is 22.2. The van der Waals surface area contributed by atoms with Crippen LogP contribution in [0.1, 0.15) is 25.0 Å². The number of rotatable bonds is 6. The number of aromatic nitrogens is 2. The van der Waals surface area contributed by atoms with Crippen LogP contribution in [0.15, 0.2) is 59.9 Å². The van der Waals surface area contributed by atoms with Crippen LogP contribution >= 0.6 is 24.0 Å². The lowest BCUT2D eigenvalue weighted by molar-refractivity contribution is 0.0616. The van der Waals surface area contributed by atoms with Crippen molar-refractivity contribution in [3.8, 4) is 0 Å². The molecular formula is C21H28IN5O. The Balaban J connectivity index is 0.00000280. The third-order valence-electron chi connectivity index (χ3n) is 4.50. The zero-order valence-corrected chi connectivity index (χ0v) is 18.8. The van der Waals surface area contributed by atoms with Gasteiger partial charge >= 0.3 is 0 Å². The fourth-order valence-electron chi connectivity index (χ4n) is 2.91. The van der Waals surface area contributed by atoms with Crippen LogP contribution in [0.4, 0.5) is 0 Å². The molecule has 3 rings (SSSR count). The molecule has 0 saturated carbocycles. The predicted octanol–water partition coefficient (Wildman–Crippen LogP) is 3.15. The summed E-state index contributed by atoms with van der Waals surface area (Å²) in [4.78, 5) is 4.65. The Bertz CT molecular complexity index is 935. The summed E-state index contributed by atoms with van der Waals surface area (Å²) in [6.45, 7) is 5.44. The lowest BCUT2D eigenvalue weighted by atomic mass is 10.00. The van der Waals surface area contributed by atoms with Crippen molar-refractivity contribution in [3.05, 3.63) is 66.0 Å². The lowest BCUT2D eigenvalue weighted by Gasteiger charge is -2.23. The second-order valence-corrected chi connectivity index (χ2v) is 6.91. The number of nitrogens with one attached hydrogen (secondary N) is 2. The van der Waals surface area contributed by atoms with E-state index in [9.17, 15) is 5.11 Å². The number of nitrogens with zero attached hydrogens (tertiary/aromatic N) is 3. The molecule has 0 spiro atoms. The Morgan fingerprint density at radius 2 is 1.93 bits per heavy atom. The molecular weight excluding hydrogens is 465 g/mol. The third-order valence-corrected chi connectivity index (χ3v) is 4.50. The SMILES string of the molecule is CCNC(=NCc1ccc2ccccc2c1)NCC(C)(O)c1cnn(C)c1.I. The van der Waals surface area contributed by atoms with Crippen molar-refractivity contribution in [2.45, 2.75) is 26.0 Å². The average Bonchev–Trinajstić information content (AvgIpc) is 3.11. The van der Waals surface area contributed by atoms with Gasteiger partial charge in [0.15, 0.2) is 5.96 Å². The van der Waals surface area contributed by atoms with E-state index in [-0.39, 0.29) is 24.0 Å². The summed E-state index contributed by atoms with van der Waals surface area (Å²) >= 11 is 0. The summed E-state index contributed by atoms with van der Waals surface area (Å²) in [6.07, 6.45) is 3.50. The molecule has 2 aromatic carbocycles. The maximum atomic E-state index is 10.7. The Labute approximate surface area is 183 Å². The number of aliphatic hydroxyl groups is 1. The minimum absolute atomic E-state index is 0. The highest BCUT2D eigenvalue weighted by molar-refractivity contribution is 14.0. The molecule has 1 aromatic heterocycles. The molecule has 1 unspecified atom stereocenters. The van der Waals surface area contributed by atoms with Crippen molar-refractivity contribution in [1.82, 2.24) is 20.4 Å². The van der Waals surface area contributed by atoms with Crippen molar-refractivity contribution >= 4 is 40.7 Å². The van der Waals surface area contributed by atoms with E-state index in [1.165, 1.54) is 10.8 Å². The van der Waals surface area contributed by atoms with Gasteiger partial charge in [0.05, 0.1) is 19.3 Å². The number of guanidine groups is 1. The molecule has 1 heterocycles. The maximum absolute atomic E-state index is 10.7. The van der Waals surface area contributed by atoms with E-state index < -0.39 is 5.60 Å². The summed E-state index contributed by atoms with van der Waals surface area (Å²) in [5.41, 5.74) is 0.876. The molecule has 3 N–H and O–H groups in total. The van der Waals surface area contributed by atoms with Gasteiger partial charge in [0, 0.05) is 25.4 Å². The van der Waals surface area contributed by atoms with Crippen molar-refractivity contribution in [2.75, 3.05) is 13.1 Å². The quantitative estimate of drug-likeness (QED) is 0.280. The van der Waals surface area contributed by atoms with Crippen LogP contribution in [0.2, 0.25) is 0 Å². The fraction of sp³-hybridized carbons (Fsp3) is 0.333. The van der Waals surface area contributed by atoms with Crippen LogP contribution in [0.25, 0.3) is 10.8 Å². The van der Waals surface area contributed by atoms with E-state index in [1.54, 1.807) is 17.8 Å². The fourth-order valence-corrected chi connectivity index (χ4v) is 2.91. The van der Waals surface area contributed by atoms with Crippen LogP contribution in [0.5, 0.6) is 0 Å². The molecule has 0 fully saturated rings. The van der Waals surface area contributed by atoms with E-state index in [0.717, 1.165) is 17.7 Å². The van der Waals surface area contributed by atoms with Crippen LogP contribution in [-0.4, -0.2) is 33.9 Å². The largest absolute Gasteiger partial charge is 0.383 e. The average molecular weight is 493 g/mol. The smallest absolute Gasteiger partial charge is 0.191 e. The molecule has 0 saturated heterocycles. The summed E-state index contributed by atoms with van der Waals surface area (Å²) in [6, 6.07) is 14.7. The second kappa shape index (κ2) is 9.88. The number of halogens is 1. The van der Waals surface area contributed by atoms with Gasteiger partial charge in [-0.1, -0.05) is 36.4 Å². The van der Waals surface area contributed by atoms with Gasteiger partial charge in [0.1, 0.15) is 5.60 Å². The van der Waals surface area contributed by atoms with Crippen LogP contribution in [-0.2, 0) is 19.2 Å². The summed E-state index contributed by atoms with van der Waals surface area (Å²) < 4.78 is 1.68. The monoisotopic (exact) mass is 493 g/mol. The molecule has 3 aromatic rings. The minimum Gasteiger partial charge on any atom is -0.383 e. The molecule has 0 aliphatic heterocycles. The number of hydrogen-bond acceptors (Lipinski definition) is 3. The molecule has 0 aliphatic carbocycles. The van der Waals surface area contributed by atoms with Gasteiger partial charge in [-0.25, -0.2) is 4.99 Å². The maximum Gasteiger partial charge on any atom is 0.191 e. The molecule has 7 heteroatoms. The molecule has 0 bridgehead atoms. The number of aryl methyl sites for hydroxylation is 1. The van der Waals surface area contributed by atoms with Gasteiger partial charge < -0.3 is 15.7 Å². The Hall–Kier alpha value is -2.13. The first-order valence-electron chi connectivity index (χ1n) is 9.19. The van der Waals surface area contributed by atoms with Gasteiger partial charge in [-0.15, -0.1) is 24.0 Å². The molecule has 150 valence electrons. The van der Waals surface area contributed by atoms with E-state index in [2.05, 4.69) is 51.1 Å². The molecule has 28 heavy (non-hydrogen) atoms. The zero-order valence-electron chi connectivity index (χ0n) is 16.5. The van der Waals surface area contributed by atoms with E-state index in [0.29, 0.717) is 19.0 Å². The first-order valence-corrected chi connectivity index (χ1v) is 9.19. The van der Waals surface area contributed by atoms with Gasteiger partial charge in [0.25, 0.3) is 0 Å². The molecule has 6 nitrogen and oxygen atoms in total. The van der Waals surface area contributed by atoms with Crippen LogP contribution in [0, 0.1) is 0 Å². The Morgan fingerprint density at radius 3 is 2.61 bits per heavy atom. The number of aliphatic imine (C=N–C) groups is 1. The zero-order chi connectivity index (χ0) is 19.3. The number of hydrogen-bond donors (Lipinski definition) is 3. The molecule has 0 aliphatic rings. The minimum atomic E-state index is -1.03. The molecule has 0 amide bonds. The lowest BCUT2D eigenvalue weighted by Crippen LogP contribution is -2.44. The first-order chi connectivity index (χ1) is 13.0. The summed E-state index contributed by atoms with van der Waals surface area (Å²) in [7, 11) is 1.84. The standard InChI is InChI=1S/C21H27N5O.HI/c1-4-22-20(24-15-21(2,27)19-13-25-26(3)14-19)23-12-16-9-10-17-7-5-6-8-18(17)11-16;/h5-11,13-14,27H,4,12,15H2,1-3H3,(H2,22,23,24);1H. The van der Waals surface area contributed by atoms with E-state index in [1.807, 2.05) is 32.3 Å². The normalized spacial score (nSPS) is 13.6. The van der Waals surface area contributed by atoms with Crippen molar-refractivity contribution < 1.29 is 5.11 Å². The predicted molar refractivity (Wildman–Crippen MR) is 125 cm³/mol. The molecule has 1 atom stereocenters. The Morgan fingerprint density at radius 1 is 1.18 bits per heavy atom. The van der Waals surface area contributed by atoms with Gasteiger partial charge in [-0.05, 0) is 36.2 Å². The van der Waals surface area contributed by atoms with Crippen LogP contribution < -0.4 is 10.6 Å². The summed E-state index contributed by atoms with van der Waals surface area (Å²) in [5, 5.41) is 23.7. The van der Waals surface area contributed by atoms with Crippen molar-refractivity contribution in [3.63, 3.8) is 0 Å². The van der Waals surface area contributed by atoms with Crippen molar-refractivity contribution in [2.24, 2.45) is 12.0 Å². The van der Waals surface area contributed by atoms with E-state index in [4.69, 9.17) is 0 Å². The topological polar surface area (TPSA) is 74.5 Å². The third kappa shape index (κ3) is 5.68. The van der Waals surface area contributed by atoms with Crippen molar-refractivity contribution in [1.29, 1.82) is 0 Å². The Kier molecular flexibility index (Phi) is 7.82. The highest BCUT2D eigenvalue weighted by Crippen LogP contribution is 2.18. The van der Waals surface area contributed by atoms with Gasteiger partial charge in [0.2, 0.25) is 0 Å². The second-order valence-electron chi connectivity index (χ2n) is 6.91. The molecule has 0 radical (unpaired) electrons. The summed E-state index contributed by atoms with van der Waals surface area (Å²) in [5.74, 6) is 0.676. The number of fused-ring (bicyclic) bond motifs is 1. The van der Waals surface area contributed by atoms with Gasteiger partial charge in [-0.3, -0.25) is 4.68 Å². The highest BCUT2D eigenvalue weighted by Gasteiger charge is 2.24.